The third kappa shape index (κ3) is 6.74. The number of nitrogens with one attached hydrogen (secondary N) is 1. The van der Waals surface area contributed by atoms with Gasteiger partial charge in [0.25, 0.3) is 0 Å². The van der Waals surface area contributed by atoms with E-state index in [1.54, 1.807) is 11.8 Å². The summed E-state index contributed by atoms with van der Waals surface area (Å²) in [5.41, 5.74) is 0.844. The summed E-state index contributed by atoms with van der Waals surface area (Å²) in [6.07, 6.45) is 8.04. The quantitative estimate of drug-likeness (QED) is 0.567. The van der Waals surface area contributed by atoms with Crippen molar-refractivity contribution < 1.29 is 22.7 Å². The largest absolute Gasteiger partial charge is 0.444 e. The maximum absolute atomic E-state index is 13.7. The minimum absolute atomic E-state index is 0.0877. The molecule has 1 spiro atoms. The zero-order valence-electron chi connectivity index (χ0n) is 22.5. The zero-order chi connectivity index (χ0) is 26.8. The molecule has 0 bridgehead atoms. The van der Waals surface area contributed by atoms with Crippen LogP contribution in [-0.2, 0) is 25.0 Å². The van der Waals surface area contributed by atoms with E-state index in [1.807, 2.05) is 49.9 Å². The van der Waals surface area contributed by atoms with Gasteiger partial charge in [0.2, 0.25) is 15.9 Å². The standard InChI is InChI=1S/C27H41N3O5S2/c1-26(2,3)35-25(32)28-22(18-36-20-10-6-5-7-11-20)24(31)29-16-14-27(15-17-29)19-30(37(4,33)34)23-13-9-8-12-21(23)27/h8-9,12-13,20,22H,5-7,10-11,14-19H2,1-4H3,(H,28,32). The number of alkyl carbamates (subject to hydrolysis) is 1. The Balaban J connectivity index is 1.45. The average molecular weight is 552 g/mol. The van der Waals surface area contributed by atoms with Gasteiger partial charge in [0.15, 0.2) is 0 Å². The fraction of sp³-hybridized carbons (Fsp3) is 0.704. The number of para-hydroxylation sites is 1. The van der Waals surface area contributed by atoms with Crippen molar-refractivity contribution in [1.29, 1.82) is 0 Å². The average Bonchev–Trinajstić information content (AvgIpc) is 3.16. The molecular weight excluding hydrogens is 510 g/mol. The van der Waals surface area contributed by atoms with Crippen molar-refractivity contribution in [3.8, 4) is 0 Å². The first-order valence-corrected chi connectivity index (χ1v) is 16.2. The van der Waals surface area contributed by atoms with Gasteiger partial charge in [-0.25, -0.2) is 13.2 Å². The molecule has 0 aromatic heterocycles. The Labute approximate surface area is 225 Å². The van der Waals surface area contributed by atoms with Gasteiger partial charge < -0.3 is 15.0 Å². The highest BCUT2D eigenvalue weighted by atomic mass is 32.2. The fourth-order valence-corrected chi connectivity index (χ4v) is 8.13. The number of carbonyl (C=O) groups excluding carboxylic acids is 2. The van der Waals surface area contributed by atoms with Gasteiger partial charge in [-0.15, -0.1) is 0 Å². The van der Waals surface area contributed by atoms with Gasteiger partial charge >= 0.3 is 6.09 Å². The van der Waals surface area contributed by atoms with Crippen molar-refractivity contribution in [3.63, 3.8) is 0 Å². The number of nitrogens with zero attached hydrogens (tertiary/aromatic N) is 2. The van der Waals surface area contributed by atoms with Gasteiger partial charge in [-0.1, -0.05) is 37.5 Å². The molecule has 1 aromatic rings. The first-order chi connectivity index (χ1) is 17.4. The molecule has 2 aliphatic heterocycles. The molecule has 2 amide bonds. The Bertz CT molecular complexity index is 1090. The lowest BCUT2D eigenvalue weighted by Gasteiger charge is -2.41. The van der Waals surface area contributed by atoms with Crippen molar-refractivity contribution in [1.82, 2.24) is 10.2 Å². The molecule has 1 unspecified atom stereocenters. The summed E-state index contributed by atoms with van der Waals surface area (Å²) in [7, 11) is -3.39. The van der Waals surface area contributed by atoms with Crippen LogP contribution >= 0.6 is 11.8 Å². The van der Waals surface area contributed by atoms with E-state index in [4.69, 9.17) is 4.74 Å². The Morgan fingerprint density at radius 2 is 1.78 bits per heavy atom. The first kappa shape index (κ1) is 28.1. The second-order valence-electron chi connectivity index (χ2n) is 11.7. The number of sulfonamides is 1. The number of anilines is 1. The molecule has 0 radical (unpaired) electrons. The predicted molar refractivity (Wildman–Crippen MR) is 149 cm³/mol. The van der Waals surface area contributed by atoms with Gasteiger partial charge in [-0.05, 0) is 58.1 Å². The predicted octanol–water partition coefficient (Wildman–Crippen LogP) is 4.29. The summed E-state index contributed by atoms with van der Waals surface area (Å²) in [5, 5.41) is 3.37. The molecule has 1 saturated carbocycles. The summed E-state index contributed by atoms with van der Waals surface area (Å²) in [6.45, 7) is 6.87. The summed E-state index contributed by atoms with van der Waals surface area (Å²) in [4.78, 5) is 28.1. The van der Waals surface area contributed by atoms with Crippen LogP contribution in [0.5, 0.6) is 0 Å². The van der Waals surface area contributed by atoms with Crippen LogP contribution in [0.15, 0.2) is 24.3 Å². The molecule has 206 valence electrons. The molecule has 1 aromatic carbocycles. The Kier molecular flexibility index (Phi) is 8.38. The summed E-state index contributed by atoms with van der Waals surface area (Å²) in [6, 6.07) is 7.05. The number of likely N-dealkylation sites (tertiary alicyclic amines) is 1. The van der Waals surface area contributed by atoms with E-state index < -0.39 is 27.8 Å². The highest BCUT2D eigenvalue weighted by Gasteiger charge is 2.48. The zero-order valence-corrected chi connectivity index (χ0v) is 24.1. The third-order valence-electron chi connectivity index (χ3n) is 7.66. The summed E-state index contributed by atoms with van der Waals surface area (Å²) >= 11 is 1.78. The Hall–Kier alpha value is -1.94. The van der Waals surface area contributed by atoms with Crippen LogP contribution in [0, 0.1) is 0 Å². The molecule has 8 nitrogen and oxygen atoms in total. The molecule has 1 aliphatic carbocycles. The molecule has 37 heavy (non-hydrogen) atoms. The van der Waals surface area contributed by atoms with Crippen molar-refractivity contribution >= 4 is 39.5 Å². The van der Waals surface area contributed by atoms with Gasteiger partial charge in [-0.2, -0.15) is 11.8 Å². The van der Waals surface area contributed by atoms with Crippen LogP contribution in [0.2, 0.25) is 0 Å². The van der Waals surface area contributed by atoms with E-state index in [0.717, 1.165) is 24.1 Å². The summed E-state index contributed by atoms with van der Waals surface area (Å²) < 4.78 is 32.0. The number of hydrogen-bond acceptors (Lipinski definition) is 6. The van der Waals surface area contributed by atoms with Crippen LogP contribution in [-0.4, -0.2) is 73.9 Å². The number of ether oxygens (including phenoxy) is 1. The van der Waals surface area contributed by atoms with E-state index in [0.29, 0.717) is 43.5 Å². The number of rotatable bonds is 6. The molecule has 1 saturated heterocycles. The van der Waals surface area contributed by atoms with E-state index in [9.17, 15) is 18.0 Å². The minimum Gasteiger partial charge on any atom is -0.444 e. The number of fused-ring (bicyclic) bond motifs is 2. The maximum atomic E-state index is 13.7. The van der Waals surface area contributed by atoms with Crippen molar-refractivity contribution in [2.75, 3.05) is 35.9 Å². The third-order valence-corrected chi connectivity index (χ3v) is 10.3. The second kappa shape index (κ2) is 11.0. The van der Waals surface area contributed by atoms with Gasteiger partial charge in [0.1, 0.15) is 11.6 Å². The second-order valence-corrected chi connectivity index (χ2v) is 14.9. The van der Waals surface area contributed by atoms with Crippen LogP contribution in [0.3, 0.4) is 0 Å². The van der Waals surface area contributed by atoms with Crippen LogP contribution in [0.1, 0.15) is 71.3 Å². The molecule has 1 N–H and O–H groups in total. The number of carbonyl (C=O) groups is 2. The van der Waals surface area contributed by atoms with Crippen LogP contribution < -0.4 is 9.62 Å². The molecule has 2 fully saturated rings. The molecule has 4 rings (SSSR count). The van der Waals surface area contributed by atoms with Crippen LogP contribution in [0.25, 0.3) is 0 Å². The number of piperidine rings is 1. The van der Waals surface area contributed by atoms with Crippen molar-refractivity contribution in [2.45, 2.75) is 88.0 Å². The van der Waals surface area contributed by atoms with E-state index in [-0.39, 0.29) is 11.3 Å². The van der Waals surface area contributed by atoms with Crippen molar-refractivity contribution in [2.24, 2.45) is 0 Å². The summed E-state index contributed by atoms with van der Waals surface area (Å²) in [5.74, 6) is 0.435. The Morgan fingerprint density at radius 3 is 2.41 bits per heavy atom. The van der Waals surface area contributed by atoms with E-state index in [1.165, 1.54) is 29.8 Å². The highest BCUT2D eigenvalue weighted by molar-refractivity contribution is 8.00. The van der Waals surface area contributed by atoms with Crippen LogP contribution in [0.4, 0.5) is 10.5 Å². The normalized spacial score (nSPS) is 21.0. The molecule has 2 heterocycles. The first-order valence-electron chi connectivity index (χ1n) is 13.4. The molecule has 3 aliphatic rings. The Morgan fingerprint density at radius 1 is 1.14 bits per heavy atom. The number of amides is 2. The fourth-order valence-electron chi connectivity index (χ4n) is 5.77. The maximum Gasteiger partial charge on any atom is 0.408 e. The lowest BCUT2D eigenvalue weighted by atomic mass is 9.74. The van der Waals surface area contributed by atoms with E-state index >= 15 is 0 Å². The van der Waals surface area contributed by atoms with Gasteiger partial charge in [-0.3, -0.25) is 9.10 Å². The molecule has 1 atom stereocenters. The number of hydrogen-bond donors (Lipinski definition) is 1. The van der Waals surface area contributed by atoms with Crippen molar-refractivity contribution in [3.05, 3.63) is 29.8 Å². The molecular formula is C27H41N3O5S2. The lowest BCUT2D eigenvalue weighted by molar-refractivity contribution is -0.134. The SMILES string of the molecule is CC(C)(C)OC(=O)NC(CSC1CCCCC1)C(=O)N1CCC2(CC1)CN(S(C)(=O)=O)c1ccccc12. The smallest absolute Gasteiger partial charge is 0.408 e. The topological polar surface area (TPSA) is 96.0 Å². The minimum atomic E-state index is -3.39. The lowest BCUT2D eigenvalue weighted by Crippen LogP contribution is -2.55. The number of thioether (sulfide) groups is 1. The number of benzene rings is 1. The van der Waals surface area contributed by atoms with Gasteiger partial charge in [0.05, 0.1) is 11.9 Å². The molecule has 10 heteroatoms. The van der Waals surface area contributed by atoms with E-state index in [2.05, 4.69) is 5.32 Å². The highest BCUT2D eigenvalue weighted by Crippen LogP contribution is 2.47. The van der Waals surface area contributed by atoms with Gasteiger partial charge in [0, 0.05) is 36.1 Å². The monoisotopic (exact) mass is 551 g/mol.